The lowest BCUT2D eigenvalue weighted by atomic mass is 10.1. The third kappa shape index (κ3) is 1.07. The van der Waals surface area contributed by atoms with Crippen LogP contribution in [0.3, 0.4) is 0 Å². The third-order valence-electron chi connectivity index (χ3n) is 2.18. The van der Waals surface area contributed by atoms with Crippen molar-refractivity contribution in [1.82, 2.24) is 0 Å². The zero-order valence-corrected chi connectivity index (χ0v) is 7.23. The second kappa shape index (κ2) is 2.47. The molecule has 1 aromatic rings. The number of halogens is 1. The van der Waals surface area contributed by atoms with Crippen molar-refractivity contribution >= 4 is 0 Å². The number of benzene rings is 1. The zero-order valence-electron chi connectivity index (χ0n) is 7.23. The molecule has 0 bridgehead atoms. The van der Waals surface area contributed by atoms with Crippen LogP contribution in [0.2, 0.25) is 0 Å². The molecular formula is C10H11FO. The summed E-state index contributed by atoms with van der Waals surface area (Å²) in [5.41, 5.74) is 1.83. The number of aryl methyl sites for hydroxylation is 1. The van der Waals surface area contributed by atoms with Crippen molar-refractivity contribution in [3.05, 3.63) is 29.1 Å². The Kier molecular flexibility index (Phi) is 1.56. The van der Waals surface area contributed by atoms with E-state index in [-0.39, 0.29) is 11.9 Å². The molecule has 1 nitrogen and oxygen atoms in total. The lowest BCUT2D eigenvalue weighted by Crippen LogP contribution is -2.05. The molecule has 2 rings (SSSR count). The van der Waals surface area contributed by atoms with Crippen LogP contribution in [0.15, 0.2) is 12.1 Å². The molecule has 2 heteroatoms. The zero-order chi connectivity index (χ0) is 8.72. The van der Waals surface area contributed by atoms with Gasteiger partial charge in [0, 0.05) is 12.5 Å². The van der Waals surface area contributed by atoms with Gasteiger partial charge in [-0.05, 0) is 31.0 Å². The van der Waals surface area contributed by atoms with Crippen molar-refractivity contribution in [3.8, 4) is 5.75 Å². The molecule has 1 aromatic carbocycles. The summed E-state index contributed by atoms with van der Waals surface area (Å²) in [5.74, 6) is 0.536. The van der Waals surface area contributed by atoms with Crippen molar-refractivity contribution < 1.29 is 9.13 Å². The molecule has 0 saturated carbocycles. The fourth-order valence-corrected chi connectivity index (χ4v) is 1.56. The average molecular weight is 166 g/mol. The summed E-state index contributed by atoms with van der Waals surface area (Å²) in [6.07, 6.45) is 1.09. The first-order valence-electron chi connectivity index (χ1n) is 4.12. The maximum Gasteiger partial charge on any atom is 0.129 e. The van der Waals surface area contributed by atoms with Gasteiger partial charge >= 0.3 is 0 Å². The summed E-state index contributed by atoms with van der Waals surface area (Å²) in [4.78, 5) is 0. The Morgan fingerprint density at radius 3 is 3.00 bits per heavy atom. The van der Waals surface area contributed by atoms with E-state index in [2.05, 4.69) is 0 Å². The van der Waals surface area contributed by atoms with Gasteiger partial charge in [0.2, 0.25) is 0 Å². The molecule has 0 saturated heterocycles. The van der Waals surface area contributed by atoms with Gasteiger partial charge in [0.25, 0.3) is 0 Å². The van der Waals surface area contributed by atoms with Gasteiger partial charge in [-0.25, -0.2) is 4.39 Å². The molecule has 1 atom stereocenters. The average Bonchev–Trinajstić information content (AvgIpc) is 2.30. The van der Waals surface area contributed by atoms with E-state index < -0.39 is 0 Å². The second-order valence-corrected chi connectivity index (χ2v) is 3.34. The van der Waals surface area contributed by atoms with Gasteiger partial charge < -0.3 is 4.74 Å². The van der Waals surface area contributed by atoms with E-state index in [0.717, 1.165) is 12.0 Å². The van der Waals surface area contributed by atoms with Gasteiger partial charge in [0.15, 0.2) is 0 Å². The Balaban J connectivity index is 2.48. The van der Waals surface area contributed by atoms with Crippen LogP contribution in [0, 0.1) is 12.7 Å². The topological polar surface area (TPSA) is 9.23 Å². The Morgan fingerprint density at radius 1 is 1.50 bits per heavy atom. The van der Waals surface area contributed by atoms with Crippen LogP contribution in [0.4, 0.5) is 4.39 Å². The second-order valence-electron chi connectivity index (χ2n) is 3.34. The SMILES string of the molecule is Cc1cc2c(cc1F)O[C@@H](C)C2. The highest BCUT2D eigenvalue weighted by molar-refractivity contribution is 5.40. The fraction of sp³-hybridized carbons (Fsp3) is 0.400. The maximum atomic E-state index is 13.0. The van der Waals surface area contributed by atoms with Crippen LogP contribution in [0.25, 0.3) is 0 Å². The number of hydrogen-bond donors (Lipinski definition) is 0. The van der Waals surface area contributed by atoms with Crippen LogP contribution < -0.4 is 4.74 Å². The molecule has 0 amide bonds. The Morgan fingerprint density at radius 2 is 2.25 bits per heavy atom. The van der Waals surface area contributed by atoms with E-state index in [1.165, 1.54) is 6.07 Å². The number of hydrogen-bond acceptors (Lipinski definition) is 1. The van der Waals surface area contributed by atoms with E-state index in [0.29, 0.717) is 11.3 Å². The van der Waals surface area contributed by atoms with Crippen LogP contribution in [0.5, 0.6) is 5.75 Å². The third-order valence-corrected chi connectivity index (χ3v) is 2.18. The molecule has 1 heterocycles. The van der Waals surface area contributed by atoms with Gasteiger partial charge in [-0.3, -0.25) is 0 Å². The summed E-state index contributed by atoms with van der Waals surface area (Å²) in [7, 11) is 0. The van der Waals surface area contributed by atoms with Gasteiger partial charge in [-0.15, -0.1) is 0 Å². The molecule has 64 valence electrons. The first-order chi connectivity index (χ1) is 5.66. The number of ether oxygens (including phenoxy) is 1. The van der Waals surface area contributed by atoms with Crippen molar-refractivity contribution in [2.24, 2.45) is 0 Å². The minimum atomic E-state index is -0.178. The lowest BCUT2D eigenvalue weighted by Gasteiger charge is -2.02. The fourth-order valence-electron chi connectivity index (χ4n) is 1.56. The first kappa shape index (κ1) is 7.59. The highest BCUT2D eigenvalue weighted by Gasteiger charge is 2.19. The quantitative estimate of drug-likeness (QED) is 0.575. The van der Waals surface area contributed by atoms with Crippen LogP contribution in [0.1, 0.15) is 18.1 Å². The summed E-state index contributed by atoms with van der Waals surface area (Å²) < 4.78 is 18.4. The largest absolute Gasteiger partial charge is 0.490 e. The van der Waals surface area contributed by atoms with Crippen molar-refractivity contribution in [2.45, 2.75) is 26.4 Å². The van der Waals surface area contributed by atoms with Gasteiger partial charge in [-0.2, -0.15) is 0 Å². The molecule has 1 aliphatic rings. The van der Waals surface area contributed by atoms with Gasteiger partial charge in [-0.1, -0.05) is 0 Å². The summed E-state index contributed by atoms with van der Waals surface area (Å²) in [6, 6.07) is 3.35. The molecule has 0 fully saturated rings. The van der Waals surface area contributed by atoms with Crippen molar-refractivity contribution in [2.75, 3.05) is 0 Å². The molecule has 0 aliphatic carbocycles. The molecular weight excluding hydrogens is 155 g/mol. The number of rotatable bonds is 0. The number of fused-ring (bicyclic) bond motifs is 1. The Labute approximate surface area is 71.2 Å². The highest BCUT2D eigenvalue weighted by atomic mass is 19.1. The molecule has 0 N–H and O–H groups in total. The minimum absolute atomic E-state index is 0.178. The van der Waals surface area contributed by atoms with Crippen LogP contribution >= 0.6 is 0 Å². The smallest absolute Gasteiger partial charge is 0.129 e. The molecule has 12 heavy (non-hydrogen) atoms. The van der Waals surface area contributed by atoms with E-state index in [9.17, 15) is 4.39 Å². The van der Waals surface area contributed by atoms with E-state index >= 15 is 0 Å². The van der Waals surface area contributed by atoms with Crippen molar-refractivity contribution in [1.29, 1.82) is 0 Å². The van der Waals surface area contributed by atoms with Gasteiger partial charge in [0.05, 0.1) is 0 Å². The highest BCUT2D eigenvalue weighted by Crippen LogP contribution is 2.30. The maximum absolute atomic E-state index is 13.0. The molecule has 0 unspecified atom stereocenters. The summed E-state index contributed by atoms with van der Waals surface area (Å²) in [5, 5.41) is 0. The van der Waals surface area contributed by atoms with Crippen LogP contribution in [-0.4, -0.2) is 6.10 Å². The van der Waals surface area contributed by atoms with E-state index in [1.54, 1.807) is 6.92 Å². The summed E-state index contributed by atoms with van der Waals surface area (Å²) in [6.45, 7) is 3.77. The molecule has 0 spiro atoms. The Hall–Kier alpha value is -1.05. The molecule has 1 aliphatic heterocycles. The van der Waals surface area contributed by atoms with E-state index in [4.69, 9.17) is 4.74 Å². The normalized spacial score (nSPS) is 20.4. The predicted molar refractivity (Wildman–Crippen MR) is 44.9 cm³/mol. The lowest BCUT2D eigenvalue weighted by molar-refractivity contribution is 0.254. The minimum Gasteiger partial charge on any atom is -0.490 e. The van der Waals surface area contributed by atoms with Crippen LogP contribution in [-0.2, 0) is 6.42 Å². The Bertz CT molecular complexity index is 289. The van der Waals surface area contributed by atoms with Gasteiger partial charge in [0.1, 0.15) is 17.7 Å². The molecule has 0 aromatic heterocycles. The van der Waals surface area contributed by atoms with Crippen molar-refractivity contribution in [3.63, 3.8) is 0 Å². The standard InChI is InChI=1S/C10H11FO/c1-6-3-8-4-7(2)12-10(8)5-9(6)11/h3,5,7H,4H2,1-2H3/t7-/m0/s1. The first-order valence-corrected chi connectivity index (χ1v) is 4.12. The predicted octanol–water partition coefficient (Wildman–Crippen LogP) is 2.46. The monoisotopic (exact) mass is 166 g/mol. The summed E-state index contributed by atoms with van der Waals surface area (Å²) >= 11 is 0. The molecule has 0 radical (unpaired) electrons. The van der Waals surface area contributed by atoms with E-state index in [1.807, 2.05) is 13.0 Å².